The van der Waals surface area contributed by atoms with E-state index < -0.39 is 23.7 Å². The molecule has 0 saturated heterocycles. The number of carboxylic acid groups (broad SMARTS) is 1. The first-order valence-corrected chi connectivity index (χ1v) is 13.4. The van der Waals surface area contributed by atoms with Crippen molar-refractivity contribution in [1.82, 2.24) is 24.1 Å². The molecule has 0 aliphatic heterocycles. The summed E-state index contributed by atoms with van der Waals surface area (Å²) in [6, 6.07) is 5.86. The number of hydrogen-bond acceptors (Lipinski definition) is 6. The van der Waals surface area contributed by atoms with Crippen LogP contribution in [0.4, 0.5) is 10.2 Å². The Kier molecular flexibility index (Phi) is 6.99. The fourth-order valence-electron chi connectivity index (χ4n) is 5.24. The lowest BCUT2D eigenvalue weighted by Crippen LogP contribution is -2.28. The summed E-state index contributed by atoms with van der Waals surface area (Å²) < 4.78 is 18.2. The zero-order valence-corrected chi connectivity index (χ0v) is 22.8. The van der Waals surface area contributed by atoms with Gasteiger partial charge < -0.3 is 20.5 Å². The number of halogens is 2. The van der Waals surface area contributed by atoms with Crippen LogP contribution < -0.4 is 5.73 Å². The quantitative estimate of drug-likeness (QED) is 0.276. The van der Waals surface area contributed by atoms with Crippen molar-refractivity contribution < 1.29 is 19.4 Å². The molecule has 1 aliphatic rings. The van der Waals surface area contributed by atoms with Crippen LogP contribution in [0.5, 0.6) is 0 Å². The average molecular weight is 585 g/mol. The number of nitrogen functional groups attached to an aromatic ring is 1. The maximum absolute atomic E-state index is 14.0. The van der Waals surface area contributed by atoms with Crippen LogP contribution >= 0.6 is 15.9 Å². The van der Waals surface area contributed by atoms with Gasteiger partial charge in [-0.25, -0.2) is 14.2 Å². The van der Waals surface area contributed by atoms with Crippen molar-refractivity contribution in [3.05, 3.63) is 53.2 Å². The summed E-state index contributed by atoms with van der Waals surface area (Å²) in [5.74, 6) is -1.42. The van der Waals surface area contributed by atoms with Crippen LogP contribution in [-0.4, -0.2) is 52.1 Å². The van der Waals surface area contributed by atoms with Gasteiger partial charge in [-0.3, -0.25) is 4.98 Å². The minimum atomic E-state index is -1.84. The number of rotatable bonds is 7. The molecule has 0 aromatic carbocycles. The van der Waals surface area contributed by atoms with Crippen molar-refractivity contribution in [2.75, 3.05) is 5.73 Å². The fraction of sp³-hybridized carbons (Fsp3) is 0.407. The van der Waals surface area contributed by atoms with Gasteiger partial charge in [0.05, 0.1) is 34.2 Å². The predicted octanol–water partition coefficient (Wildman–Crippen LogP) is 5.07. The first-order valence-electron chi connectivity index (χ1n) is 12.6. The number of nitrogens with zero attached hydrogens (tertiary/aromatic N) is 5. The number of nitrogens with two attached hydrogens (primary N) is 1. The Morgan fingerprint density at radius 1 is 1.21 bits per heavy atom. The van der Waals surface area contributed by atoms with Crippen LogP contribution in [0.3, 0.4) is 0 Å². The van der Waals surface area contributed by atoms with Gasteiger partial charge in [-0.15, -0.1) is 0 Å². The van der Waals surface area contributed by atoms with E-state index in [0.717, 1.165) is 28.1 Å². The molecule has 1 unspecified atom stereocenters. The van der Waals surface area contributed by atoms with E-state index in [0.29, 0.717) is 48.2 Å². The lowest BCUT2D eigenvalue weighted by atomic mass is 9.78. The molecule has 1 aliphatic carbocycles. The summed E-state index contributed by atoms with van der Waals surface area (Å²) in [4.78, 5) is 20.6. The maximum atomic E-state index is 14.0. The first kappa shape index (κ1) is 26.3. The number of fused-ring (bicyclic) bond motifs is 1. The van der Waals surface area contributed by atoms with E-state index >= 15 is 0 Å². The third kappa shape index (κ3) is 5.17. The minimum Gasteiger partial charge on any atom is -0.479 e. The highest BCUT2D eigenvalue weighted by atomic mass is 79.9. The summed E-state index contributed by atoms with van der Waals surface area (Å²) in [6.45, 7) is 4.02. The summed E-state index contributed by atoms with van der Waals surface area (Å²) in [5.41, 5.74) is 10.4. The van der Waals surface area contributed by atoms with Crippen LogP contribution in [-0.2, 0) is 11.3 Å². The molecule has 4 heterocycles. The molecular formula is C27H30BrFN6O3. The topological polar surface area (TPSA) is 132 Å². The van der Waals surface area contributed by atoms with Gasteiger partial charge in [-0.2, -0.15) is 9.61 Å². The van der Waals surface area contributed by atoms with Gasteiger partial charge in [0.15, 0.2) is 11.8 Å². The number of hydrogen-bond donors (Lipinski definition) is 3. The van der Waals surface area contributed by atoms with Crippen molar-refractivity contribution in [3.63, 3.8) is 0 Å². The molecule has 1 atom stereocenters. The molecule has 0 bridgehead atoms. The van der Waals surface area contributed by atoms with Gasteiger partial charge in [0.1, 0.15) is 5.82 Å². The van der Waals surface area contributed by atoms with E-state index in [9.17, 15) is 14.3 Å². The van der Waals surface area contributed by atoms with Gasteiger partial charge in [-0.1, -0.05) is 6.07 Å². The number of aliphatic carboxylic acids is 1. The van der Waals surface area contributed by atoms with Crippen molar-refractivity contribution in [2.45, 2.75) is 63.8 Å². The Bertz CT molecular complexity index is 1470. The first-order chi connectivity index (χ1) is 18.0. The number of anilines is 1. The molecule has 1 fully saturated rings. The normalized spacial score (nSPS) is 19.1. The number of carbonyl (C=O) groups is 1. The van der Waals surface area contributed by atoms with Gasteiger partial charge in [-0.05, 0) is 67.6 Å². The lowest BCUT2D eigenvalue weighted by Gasteiger charge is -2.29. The Hall–Kier alpha value is -3.31. The zero-order valence-electron chi connectivity index (χ0n) is 21.2. The SMILES string of the molecule is CC(C)(O)Cn1ccc(-c2ccc(-c3cnn4c(N)c(Br)c([C@H]5CC[C@@H](C(F)C(=O)O)CC5)nc34)cn2)c1. The molecule has 1 saturated carbocycles. The Labute approximate surface area is 227 Å². The molecular weight excluding hydrogens is 555 g/mol. The number of carboxylic acids is 1. The highest BCUT2D eigenvalue weighted by Gasteiger charge is 2.34. The molecule has 4 N–H and O–H groups in total. The second kappa shape index (κ2) is 10.1. The smallest absolute Gasteiger partial charge is 0.338 e. The molecule has 9 nitrogen and oxygen atoms in total. The lowest BCUT2D eigenvalue weighted by molar-refractivity contribution is -0.145. The second-order valence-corrected chi connectivity index (χ2v) is 11.5. The molecule has 11 heteroatoms. The summed E-state index contributed by atoms with van der Waals surface area (Å²) >= 11 is 3.58. The van der Waals surface area contributed by atoms with Crippen LogP contribution in [0.25, 0.3) is 28.0 Å². The van der Waals surface area contributed by atoms with Crippen molar-refractivity contribution in [1.29, 1.82) is 0 Å². The molecule has 0 amide bonds. The van der Waals surface area contributed by atoms with Crippen molar-refractivity contribution in [2.24, 2.45) is 5.92 Å². The van der Waals surface area contributed by atoms with Crippen LogP contribution in [0.2, 0.25) is 0 Å². The van der Waals surface area contributed by atoms with E-state index in [1.807, 2.05) is 35.2 Å². The van der Waals surface area contributed by atoms with Crippen molar-refractivity contribution in [3.8, 4) is 22.4 Å². The Morgan fingerprint density at radius 2 is 1.95 bits per heavy atom. The summed E-state index contributed by atoms with van der Waals surface area (Å²) in [7, 11) is 0. The van der Waals surface area contributed by atoms with E-state index in [4.69, 9.17) is 15.8 Å². The van der Waals surface area contributed by atoms with Crippen molar-refractivity contribution >= 4 is 33.4 Å². The summed E-state index contributed by atoms with van der Waals surface area (Å²) in [6.07, 6.45) is 7.75. The van der Waals surface area contributed by atoms with E-state index in [1.165, 1.54) is 0 Å². The Balaban J connectivity index is 1.41. The third-order valence-electron chi connectivity index (χ3n) is 7.15. The molecule has 4 aromatic rings. The number of pyridine rings is 1. The Morgan fingerprint density at radius 3 is 2.58 bits per heavy atom. The van der Waals surface area contributed by atoms with Crippen LogP contribution in [0.1, 0.15) is 51.1 Å². The molecule has 0 radical (unpaired) electrons. The van der Waals surface area contributed by atoms with E-state index in [-0.39, 0.29) is 5.92 Å². The van der Waals surface area contributed by atoms with E-state index in [1.54, 1.807) is 30.8 Å². The third-order valence-corrected chi connectivity index (χ3v) is 7.96. The standard InChI is InChI=1S/C27H30BrFN6O3/c1-27(2,38)14-34-10-9-18(13-34)20-8-7-17(11-31-20)19-12-32-35-24(30)21(28)23(33-25(19)35)16-5-3-15(4-6-16)22(29)26(36)37/h7-13,15-16,22,38H,3-6,14,30H2,1-2H3,(H,36,37)/t15-,16+,22?. The predicted molar refractivity (Wildman–Crippen MR) is 145 cm³/mol. The average Bonchev–Trinajstić information content (AvgIpc) is 3.52. The van der Waals surface area contributed by atoms with Gasteiger partial charge in [0, 0.05) is 47.1 Å². The minimum absolute atomic E-state index is 0.0325. The van der Waals surface area contributed by atoms with Crippen LogP contribution in [0.15, 0.2) is 47.5 Å². The highest BCUT2D eigenvalue weighted by Crippen LogP contribution is 2.42. The highest BCUT2D eigenvalue weighted by molar-refractivity contribution is 9.10. The number of aliphatic hydroxyl groups is 1. The monoisotopic (exact) mass is 584 g/mol. The van der Waals surface area contributed by atoms with Gasteiger partial charge in [0.2, 0.25) is 0 Å². The fourth-order valence-corrected chi connectivity index (χ4v) is 5.82. The molecule has 0 spiro atoms. The maximum Gasteiger partial charge on any atom is 0.338 e. The largest absolute Gasteiger partial charge is 0.479 e. The number of alkyl halides is 1. The molecule has 4 aromatic heterocycles. The number of aromatic nitrogens is 5. The van der Waals surface area contributed by atoms with E-state index in [2.05, 4.69) is 26.0 Å². The van der Waals surface area contributed by atoms with Gasteiger partial charge >= 0.3 is 5.97 Å². The summed E-state index contributed by atoms with van der Waals surface area (Å²) in [5, 5.41) is 23.5. The second-order valence-electron chi connectivity index (χ2n) is 10.7. The van der Waals surface area contributed by atoms with Crippen LogP contribution in [0, 0.1) is 5.92 Å². The molecule has 5 rings (SSSR count). The molecule has 38 heavy (non-hydrogen) atoms. The zero-order chi connectivity index (χ0) is 27.2. The van der Waals surface area contributed by atoms with Gasteiger partial charge in [0.25, 0.3) is 0 Å². The molecule has 200 valence electrons.